The van der Waals surface area contributed by atoms with Crippen LogP contribution in [0.15, 0.2) is 30.5 Å². The van der Waals surface area contributed by atoms with Crippen LogP contribution >= 0.6 is 0 Å². The maximum Gasteiger partial charge on any atom is 0.0724 e. The Hall–Kier alpha value is -1.81. The van der Waals surface area contributed by atoms with Gasteiger partial charge in [0.1, 0.15) is 0 Å². The molecule has 0 spiro atoms. The minimum atomic E-state index is 0.0407. The van der Waals surface area contributed by atoms with Gasteiger partial charge in [-0.25, -0.2) is 0 Å². The molecule has 1 aromatic heterocycles. The topological polar surface area (TPSA) is 71.2 Å². The van der Waals surface area contributed by atoms with E-state index in [4.69, 9.17) is 5.73 Å². The molecule has 0 saturated heterocycles. The summed E-state index contributed by atoms with van der Waals surface area (Å²) in [5.41, 5.74) is 8.79. The van der Waals surface area contributed by atoms with E-state index in [2.05, 4.69) is 31.1 Å². The SMILES string of the molecule is CC(C)(C)C(CCO)Nc1ccc2ncccc2c1N. The number of aliphatic hydroxyl groups is 1. The van der Waals surface area contributed by atoms with Crippen LogP contribution in [0.5, 0.6) is 0 Å². The Balaban J connectivity index is 2.35. The van der Waals surface area contributed by atoms with Crippen molar-refractivity contribution in [3.05, 3.63) is 30.5 Å². The highest BCUT2D eigenvalue weighted by Crippen LogP contribution is 2.31. The van der Waals surface area contributed by atoms with Crippen molar-refractivity contribution in [2.24, 2.45) is 5.41 Å². The highest BCUT2D eigenvalue weighted by Gasteiger charge is 2.24. The fourth-order valence-corrected chi connectivity index (χ4v) is 2.34. The Bertz CT molecular complexity index is 590. The Labute approximate surface area is 120 Å². The monoisotopic (exact) mass is 273 g/mol. The summed E-state index contributed by atoms with van der Waals surface area (Å²) in [4.78, 5) is 4.30. The first kappa shape index (κ1) is 14.6. The molecule has 1 unspecified atom stereocenters. The molecule has 0 amide bonds. The lowest BCUT2D eigenvalue weighted by atomic mass is 9.84. The Morgan fingerprint density at radius 1 is 1.30 bits per heavy atom. The molecule has 0 radical (unpaired) electrons. The van der Waals surface area contributed by atoms with Crippen molar-refractivity contribution in [2.45, 2.75) is 33.2 Å². The van der Waals surface area contributed by atoms with Gasteiger partial charge < -0.3 is 16.2 Å². The fourth-order valence-electron chi connectivity index (χ4n) is 2.34. The first-order chi connectivity index (χ1) is 9.43. The van der Waals surface area contributed by atoms with Crippen molar-refractivity contribution in [1.29, 1.82) is 0 Å². The van der Waals surface area contributed by atoms with Gasteiger partial charge in [-0.1, -0.05) is 20.8 Å². The second kappa shape index (κ2) is 5.67. The number of nitrogens with one attached hydrogen (secondary N) is 1. The highest BCUT2D eigenvalue weighted by molar-refractivity contribution is 5.96. The molecule has 0 bridgehead atoms. The molecular weight excluding hydrogens is 250 g/mol. The molecular formula is C16H23N3O. The summed E-state index contributed by atoms with van der Waals surface area (Å²) in [6.07, 6.45) is 2.45. The van der Waals surface area contributed by atoms with Gasteiger partial charge >= 0.3 is 0 Å². The van der Waals surface area contributed by atoms with E-state index < -0.39 is 0 Å². The number of anilines is 2. The molecule has 1 atom stereocenters. The zero-order valence-corrected chi connectivity index (χ0v) is 12.4. The lowest BCUT2D eigenvalue weighted by molar-refractivity contribution is 0.235. The van der Waals surface area contributed by atoms with E-state index in [0.717, 1.165) is 16.6 Å². The molecule has 0 saturated carbocycles. The fraction of sp³-hybridized carbons (Fsp3) is 0.438. The van der Waals surface area contributed by atoms with E-state index in [1.165, 1.54) is 0 Å². The molecule has 0 aliphatic heterocycles. The van der Waals surface area contributed by atoms with Crippen LogP contribution in [0.25, 0.3) is 10.9 Å². The number of pyridine rings is 1. The van der Waals surface area contributed by atoms with E-state index in [1.54, 1.807) is 6.20 Å². The van der Waals surface area contributed by atoms with E-state index >= 15 is 0 Å². The van der Waals surface area contributed by atoms with Crippen LogP contribution in [-0.4, -0.2) is 22.7 Å². The summed E-state index contributed by atoms with van der Waals surface area (Å²) >= 11 is 0. The van der Waals surface area contributed by atoms with E-state index in [9.17, 15) is 5.11 Å². The quantitative estimate of drug-likeness (QED) is 0.749. The van der Waals surface area contributed by atoms with E-state index in [-0.39, 0.29) is 18.1 Å². The second-order valence-electron chi connectivity index (χ2n) is 6.17. The number of nitrogen functional groups attached to an aromatic ring is 1. The van der Waals surface area contributed by atoms with Crippen LogP contribution in [-0.2, 0) is 0 Å². The van der Waals surface area contributed by atoms with Crippen LogP contribution in [0.1, 0.15) is 27.2 Å². The largest absolute Gasteiger partial charge is 0.397 e. The lowest BCUT2D eigenvalue weighted by Crippen LogP contribution is -2.35. The van der Waals surface area contributed by atoms with Gasteiger partial charge in [-0.15, -0.1) is 0 Å². The van der Waals surface area contributed by atoms with Gasteiger partial charge in [0.25, 0.3) is 0 Å². The average molecular weight is 273 g/mol. The van der Waals surface area contributed by atoms with Gasteiger partial charge in [0, 0.05) is 24.2 Å². The molecule has 20 heavy (non-hydrogen) atoms. The number of hydrogen-bond donors (Lipinski definition) is 3. The average Bonchev–Trinajstić information content (AvgIpc) is 2.40. The van der Waals surface area contributed by atoms with Crippen LogP contribution < -0.4 is 11.1 Å². The van der Waals surface area contributed by atoms with Gasteiger partial charge in [0.05, 0.1) is 16.9 Å². The molecule has 1 heterocycles. The summed E-state index contributed by atoms with van der Waals surface area (Å²) < 4.78 is 0. The van der Waals surface area contributed by atoms with Crippen LogP contribution in [0.3, 0.4) is 0 Å². The molecule has 2 aromatic rings. The molecule has 4 nitrogen and oxygen atoms in total. The second-order valence-corrected chi connectivity index (χ2v) is 6.17. The lowest BCUT2D eigenvalue weighted by Gasteiger charge is -2.32. The minimum absolute atomic E-state index is 0.0407. The molecule has 0 aliphatic carbocycles. The first-order valence-corrected chi connectivity index (χ1v) is 6.94. The van der Waals surface area contributed by atoms with Crippen LogP contribution in [0.4, 0.5) is 11.4 Å². The smallest absolute Gasteiger partial charge is 0.0724 e. The number of benzene rings is 1. The van der Waals surface area contributed by atoms with Gasteiger partial charge in [-0.2, -0.15) is 0 Å². The van der Waals surface area contributed by atoms with Crippen LogP contribution in [0.2, 0.25) is 0 Å². The van der Waals surface area contributed by atoms with Gasteiger partial charge in [0.15, 0.2) is 0 Å². The van der Waals surface area contributed by atoms with E-state index in [0.29, 0.717) is 12.1 Å². The van der Waals surface area contributed by atoms with Gasteiger partial charge in [0.2, 0.25) is 0 Å². The Kier molecular flexibility index (Phi) is 4.14. The summed E-state index contributed by atoms with van der Waals surface area (Å²) in [6.45, 7) is 6.61. The number of aliphatic hydroxyl groups excluding tert-OH is 1. The maximum atomic E-state index is 9.24. The third-order valence-electron chi connectivity index (χ3n) is 3.62. The normalized spacial score (nSPS) is 13.4. The predicted molar refractivity (Wildman–Crippen MR) is 84.7 cm³/mol. The highest BCUT2D eigenvalue weighted by atomic mass is 16.3. The van der Waals surface area contributed by atoms with Gasteiger partial charge in [-0.3, -0.25) is 4.98 Å². The Morgan fingerprint density at radius 3 is 2.70 bits per heavy atom. The van der Waals surface area contributed by atoms with Crippen molar-refractivity contribution in [1.82, 2.24) is 4.98 Å². The number of nitrogens with two attached hydrogens (primary N) is 1. The Morgan fingerprint density at radius 2 is 2.05 bits per heavy atom. The van der Waals surface area contributed by atoms with Crippen LogP contribution in [0, 0.1) is 5.41 Å². The first-order valence-electron chi connectivity index (χ1n) is 6.94. The summed E-state index contributed by atoms with van der Waals surface area (Å²) in [5.74, 6) is 0. The summed E-state index contributed by atoms with van der Waals surface area (Å²) in [6, 6.07) is 7.94. The van der Waals surface area contributed by atoms with Crippen molar-refractivity contribution >= 4 is 22.3 Å². The summed E-state index contributed by atoms with van der Waals surface area (Å²) in [5, 5.41) is 13.7. The van der Waals surface area contributed by atoms with Crippen molar-refractivity contribution < 1.29 is 5.11 Å². The van der Waals surface area contributed by atoms with Crippen molar-refractivity contribution in [3.8, 4) is 0 Å². The number of rotatable bonds is 4. The zero-order chi connectivity index (χ0) is 14.8. The predicted octanol–water partition coefficient (Wildman–Crippen LogP) is 3.03. The zero-order valence-electron chi connectivity index (χ0n) is 12.4. The number of hydrogen-bond acceptors (Lipinski definition) is 4. The molecule has 4 N–H and O–H groups in total. The minimum Gasteiger partial charge on any atom is -0.397 e. The third-order valence-corrected chi connectivity index (χ3v) is 3.62. The maximum absolute atomic E-state index is 9.24. The number of fused-ring (bicyclic) bond motifs is 1. The standard InChI is InChI=1S/C16H23N3O/c1-16(2,3)14(8-10-20)19-13-7-6-12-11(15(13)17)5-4-9-18-12/h4-7,9,14,19-20H,8,10,17H2,1-3H3. The molecule has 0 aliphatic rings. The molecule has 1 aromatic carbocycles. The van der Waals surface area contributed by atoms with E-state index in [1.807, 2.05) is 24.3 Å². The molecule has 2 rings (SSSR count). The molecule has 108 valence electrons. The number of nitrogens with zero attached hydrogens (tertiary/aromatic N) is 1. The van der Waals surface area contributed by atoms with Crippen molar-refractivity contribution in [3.63, 3.8) is 0 Å². The molecule has 0 fully saturated rings. The number of aromatic nitrogens is 1. The third kappa shape index (κ3) is 3.02. The van der Waals surface area contributed by atoms with Gasteiger partial charge in [-0.05, 0) is 36.1 Å². The molecule has 4 heteroatoms. The van der Waals surface area contributed by atoms with Crippen molar-refractivity contribution in [2.75, 3.05) is 17.7 Å². The summed E-state index contributed by atoms with van der Waals surface area (Å²) in [7, 11) is 0.